The van der Waals surface area contributed by atoms with E-state index in [0.29, 0.717) is 5.69 Å². The highest BCUT2D eigenvalue weighted by Crippen LogP contribution is 2.26. The third-order valence-corrected chi connectivity index (χ3v) is 3.00. The molecule has 1 unspecified atom stereocenters. The first-order valence-electron chi connectivity index (χ1n) is 4.81. The average Bonchev–Trinajstić information content (AvgIpc) is 2.82. The van der Waals surface area contributed by atoms with Crippen LogP contribution in [0.5, 0.6) is 0 Å². The molecule has 0 saturated carbocycles. The molecular formula is C10H10N2O2. The summed E-state index contributed by atoms with van der Waals surface area (Å²) in [6.45, 7) is 0.723. The van der Waals surface area contributed by atoms with Gasteiger partial charge in [0.05, 0.1) is 0 Å². The monoisotopic (exact) mass is 190 g/mol. The van der Waals surface area contributed by atoms with E-state index in [0.717, 1.165) is 19.4 Å². The average molecular weight is 190 g/mol. The zero-order chi connectivity index (χ0) is 9.71. The standard InChI is InChI=1S/C10H10N2O2/c13-9-7-3-1-5-11(7)10(14)8-4-2-6-12(8)9/h1,3,5,8H,2,4,6H2. The molecule has 1 aromatic heterocycles. The van der Waals surface area contributed by atoms with Crippen molar-refractivity contribution in [3.63, 3.8) is 0 Å². The number of nitrogens with zero attached hydrogens (tertiary/aromatic N) is 2. The highest BCUT2D eigenvalue weighted by molar-refractivity contribution is 6.04. The summed E-state index contributed by atoms with van der Waals surface area (Å²) in [4.78, 5) is 25.4. The Morgan fingerprint density at radius 3 is 3.07 bits per heavy atom. The molecule has 1 saturated heterocycles. The second kappa shape index (κ2) is 2.47. The molecule has 0 bridgehead atoms. The van der Waals surface area contributed by atoms with Gasteiger partial charge in [0.15, 0.2) is 0 Å². The Kier molecular flexibility index (Phi) is 1.37. The van der Waals surface area contributed by atoms with Crippen LogP contribution in [-0.4, -0.2) is 33.9 Å². The third kappa shape index (κ3) is 0.780. The number of amides is 1. The molecule has 0 aliphatic carbocycles. The molecule has 2 aliphatic heterocycles. The molecule has 1 aromatic rings. The Hall–Kier alpha value is -1.58. The van der Waals surface area contributed by atoms with Gasteiger partial charge < -0.3 is 4.90 Å². The lowest BCUT2D eigenvalue weighted by Crippen LogP contribution is -2.48. The number of hydrogen-bond donors (Lipinski definition) is 0. The maximum Gasteiger partial charge on any atom is 0.271 e. The molecule has 4 heteroatoms. The minimum atomic E-state index is -0.206. The van der Waals surface area contributed by atoms with E-state index in [9.17, 15) is 9.59 Å². The molecule has 0 radical (unpaired) electrons. The van der Waals surface area contributed by atoms with Crippen molar-refractivity contribution in [2.45, 2.75) is 18.9 Å². The highest BCUT2D eigenvalue weighted by atomic mass is 16.2. The summed E-state index contributed by atoms with van der Waals surface area (Å²) in [7, 11) is 0. The number of carbonyl (C=O) groups is 2. The van der Waals surface area contributed by atoms with Crippen molar-refractivity contribution in [3.05, 3.63) is 24.0 Å². The van der Waals surface area contributed by atoms with Crippen LogP contribution in [-0.2, 0) is 0 Å². The van der Waals surface area contributed by atoms with E-state index in [2.05, 4.69) is 0 Å². The van der Waals surface area contributed by atoms with Crippen LogP contribution in [0.15, 0.2) is 18.3 Å². The van der Waals surface area contributed by atoms with Crippen molar-refractivity contribution in [2.24, 2.45) is 0 Å². The second-order valence-electron chi connectivity index (χ2n) is 3.76. The van der Waals surface area contributed by atoms with E-state index in [1.54, 1.807) is 23.2 Å². The van der Waals surface area contributed by atoms with Crippen molar-refractivity contribution in [2.75, 3.05) is 6.54 Å². The molecule has 14 heavy (non-hydrogen) atoms. The van der Waals surface area contributed by atoms with Crippen LogP contribution in [0.1, 0.15) is 28.1 Å². The molecule has 0 aromatic carbocycles. The van der Waals surface area contributed by atoms with E-state index < -0.39 is 0 Å². The predicted octanol–water partition coefficient (Wildman–Crippen LogP) is 0.746. The van der Waals surface area contributed by atoms with Crippen LogP contribution in [0.2, 0.25) is 0 Å². The SMILES string of the molecule is O=C1c2cccn2C(=O)C2CCCN12. The van der Waals surface area contributed by atoms with Gasteiger partial charge in [0.2, 0.25) is 0 Å². The topological polar surface area (TPSA) is 42.3 Å². The van der Waals surface area contributed by atoms with E-state index in [1.165, 1.54) is 4.57 Å². The second-order valence-corrected chi connectivity index (χ2v) is 3.76. The lowest BCUT2D eigenvalue weighted by molar-refractivity contribution is 0.0569. The summed E-state index contributed by atoms with van der Waals surface area (Å²) in [5.74, 6) is 0.0409. The summed E-state index contributed by atoms with van der Waals surface area (Å²) >= 11 is 0. The summed E-state index contributed by atoms with van der Waals surface area (Å²) in [5.41, 5.74) is 0.508. The van der Waals surface area contributed by atoms with Crippen LogP contribution in [0.25, 0.3) is 0 Å². The minimum absolute atomic E-state index is 0.00269. The van der Waals surface area contributed by atoms with E-state index in [4.69, 9.17) is 0 Å². The van der Waals surface area contributed by atoms with Gasteiger partial charge in [-0.2, -0.15) is 0 Å². The number of carbonyl (C=O) groups excluding carboxylic acids is 2. The molecule has 3 heterocycles. The van der Waals surface area contributed by atoms with Crippen molar-refractivity contribution in [3.8, 4) is 0 Å². The van der Waals surface area contributed by atoms with Gasteiger partial charge in [0.1, 0.15) is 11.7 Å². The van der Waals surface area contributed by atoms with E-state index in [-0.39, 0.29) is 17.9 Å². The Labute approximate surface area is 81.1 Å². The zero-order valence-electron chi connectivity index (χ0n) is 7.64. The fourth-order valence-corrected chi connectivity index (χ4v) is 2.32. The van der Waals surface area contributed by atoms with E-state index >= 15 is 0 Å². The summed E-state index contributed by atoms with van der Waals surface area (Å²) in [5, 5.41) is 0. The summed E-state index contributed by atoms with van der Waals surface area (Å²) in [6.07, 6.45) is 3.42. The fourth-order valence-electron chi connectivity index (χ4n) is 2.32. The van der Waals surface area contributed by atoms with Gasteiger partial charge in [-0.15, -0.1) is 0 Å². The van der Waals surface area contributed by atoms with Crippen molar-refractivity contribution in [1.82, 2.24) is 9.47 Å². The molecule has 72 valence electrons. The molecule has 1 fully saturated rings. The fraction of sp³-hybridized carbons (Fsp3) is 0.400. The first kappa shape index (κ1) is 7.79. The first-order valence-corrected chi connectivity index (χ1v) is 4.81. The number of rotatable bonds is 0. The Morgan fingerprint density at radius 1 is 1.36 bits per heavy atom. The lowest BCUT2D eigenvalue weighted by Gasteiger charge is -2.29. The molecule has 0 N–H and O–H groups in total. The number of aromatic nitrogens is 1. The Balaban J connectivity index is 2.17. The molecule has 1 amide bonds. The van der Waals surface area contributed by atoms with Crippen molar-refractivity contribution >= 4 is 11.8 Å². The summed E-state index contributed by atoms with van der Waals surface area (Å²) in [6, 6.07) is 3.24. The van der Waals surface area contributed by atoms with Crippen molar-refractivity contribution < 1.29 is 9.59 Å². The van der Waals surface area contributed by atoms with Gasteiger partial charge in [-0.25, -0.2) is 0 Å². The Bertz CT molecular complexity index is 385. The van der Waals surface area contributed by atoms with Gasteiger partial charge in [-0.05, 0) is 25.0 Å². The highest BCUT2D eigenvalue weighted by Gasteiger charge is 2.40. The number of fused-ring (bicyclic) bond motifs is 2. The third-order valence-electron chi connectivity index (χ3n) is 3.00. The normalized spacial score (nSPS) is 25.1. The molecule has 1 atom stereocenters. The van der Waals surface area contributed by atoms with Crippen LogP contribution < -0.4 is 0 Å². The van der Waals surface area contributed by atoms with Crippen LogP contribution in [0.4, 0.5) is 0 Å². The van der Waals surface area contributed by atoms with Crippen LogP contribution in [0.3, 0.4) is 0 Å². The van der Waals surface area contributed by atoms with Crippen LogP contribution >= 0.6 is 0 Å². The first-order chi connectivity index (χ1) is 6.79. The Morgan fingerprint density at radius 2 is 2.21 bits per heavy atom. The summed E-state index contributed by atoms with van der Waals surface area (Å²) < 4.78 is 1.48. The van der Waals surface area contributed by atoms with Gasteiger partial charge in [0, 0.05) is 12.7 Å². The molecular weight excluding hydrogens is 180 g/mol. The molecule has 0 spiro atoms. The maximum atomic E-state index is 11.9. The zero-order valence-corrected chi connectivity index (χ0v) is 7.64. The van der Waals surface area contributed by atoms with Crippen LogP contribution in [0, 0.1) is 0 Å². The van der Waals surface area contributed by atoms with Gasteiger partial charge in [-0.1, -0.05) is 0 Å². The quantitative estimate of drug-likeness (QED) is 0.605. The van der Waals surface area contributed by atoms with Crippen molar-refractivity contribution in [1.29, 1.82) is 0 Å². The van der Waals surface area contributed by atoms with Gasteiger partial charge in [0.25, 0.3) is 11.8 Å². The van der Waals surface area contributed by atoms with Gasteiger partial charge >= 0.3 is 0 Å². The maximum absolute atomic E-state index is 11.9. The molecule has 2 aliphatic rings. The molecule has 4 nitrogen and oxygen atoms in total. The number of hydrogen-bond acceptors (Lipinski definition) is 2. The van der Waals surface area contributed by atoms with Gasteiger partial charge in [-0.3, -0.25) is 14.2 Å². The lowest BCUT2D eigenvalue weighted by atomic mass is 10.1. The minimum Gasteiger partial charge on any atom is -0.325 e. The predicted molar refractivity (Wildman–Crippen MR) is 49.1 cm³/mol. The molecule has 3 rings (SSSR count). The van der Waals surface area contributed by atoms with E-state index in [1.807, 2.05) is 0 Å². The largest absolute Gasteiger partial charge is 0.325 e. The smallest absolute Gasteiger partial charge is 0.271 e.